The average Bonchev–Trinajstić information content (AvgIpc) is 3.62. The Bertz CT molecular complexity index is 1620. The minimum Gasteiger partial charge on any atom is -0.147 e. The van der Waals surface area contributed by atoms with Gasteiger partial charge in [0.2, 0.25) is 0 Å². The molecule has 228 valence electrons. The van der Waals surface area contributed by atoms with E-state index < -0.39 is 20.0 Å². The van der Waals surface area contributed by atoms with E-state index in [1.54, 1.807) is 30.6 Å². The summed E-state index contributed by atoms with van der Waals surface area (Å²) in [6, 6.07) is 28.7. The van der Waals surface area contributed by atoms with Crippen molar-refractivity contribution in [1.29, 1.82) is 0 Å². The molecule has 2 unspecified atom stereocenters. The minimum atomic E-state index is -3.04. The molecule has 0 aromatic heterocycles. The molecule has 2 saturated carbocycles. The number of hydrogen-bond acceptors (Lipinski definition) is 0. The maximum atomic E-state index is 2.79. The molecule has 0 amide bonds. The van der Waals surface area contributed by atoms with Crippen molar-refractivity contribution in [2.24, 2.45) is 11.8 Å². The molecule has 1 saturated heterocycles. The molecule has 9 rings (SSSR count). The Balaban J connectivity index is 0.00000156. The number of allylic oxidation sites excluding steroid dienone is 2. The molecule has 1 heterocycles. The molecule has 4 aromatic rings. The molecule has 1 aliphatic heterocycles. The van der Waals surface area contributed by atoms with E-state index in [0.29, 0.717) is 0 Å². The summed E-state index contributed by atoms with van der Waals surface area (Å²) in [5.41, 5.74) is 10.6. The Morgan fingerprint density at radius 2 is 0.886 bits per heavy atom. The molecule has 0 nitrogen and oxygen atoms in total. The smallest absolute Gasteiger partial charge is 0.147 e. The van der Waals surface area contributed by atoms with Gasteiger partial charge < -0.3 is 0 Å². The van der Waals surface area contributed by atoms with Crippen molar-refractivity contribution in [3.63, 3.8) is 0 Å². The summed E-state index contributed by atoms with van der Waals surface area (Å²) in [6.07, 6.45) is 21.4. The molecule has 0 spiro atoms. The number of benzene rings is 4. The Morgan fingerprint density at radius 1 is 0.455 bits per heavy atom. The van der Waals surface area contributed by atoms with Gasteiger partial charge >= 0.3 is 258 Å². The van der Waals surface area contributed by atoms with Gasteiger partial charge in [-0.1, -0.05) is 0 Å². The van der Waals surface area contributed by atoms with Gasteiger partial charge in [-0.05, 0) is 0 Å². The van der Waals surface area contributed by atoms with E-state index in [-0.39, 0.29) is 24.8 Å². The fourth-order valence-corrected chi connectivity index (χ4v) is 33.4. The number of fused-ring (bicyclic) bond motifs is 6. The normalized spacial score (nSPS) is 24.5. The summed E-state index contributed by atoms with van der Waals surface area (Å²) in [5.74, 6) is 1.62. The van der Waals surface area contributed by atoms with Crippen LogP contribution in [0, 0.1) is 11.8 Å². The van der Waals surface area contributed by atoms with Gasteiger partial charge in [-0.3, -0.25) is 0 Å². The van der Waals surface area contributed by atoms with E-state index in [2.05, 4.69) is 84.9 Å². The third-order valence-electron chi connectivity index (χ3n) is 12.5. The largest absolute Gasteiger partial charge is 0.147 e. The van der Waals surface area contributed by atoms with Gasteiger partial charge in [-0.2, -0.15) is 0 Å². The molecule has 5 aliphatic rings. The average molecular weight is 788 g/mol. The Morgan fingerprint density at radius 3 is 1.30 bits per heavy atom. The summed E-state index contributed by atoms with van der Waals surface area (Å²) < 4.78 is 4.75. The standard InChI is InChI=1S/2C19H19.C3H6.2ClH.Hf/c2*1-2-6-14(7-3-1)17-12-16-11-10-15-8-4-5-9-18(15)19(16)13-17;1-3-2;;;/h2*4-5,8-14H,1-3,6-7H2;1-3H2;2*1H;. The van der Waals surface area contributed by atoms with Crippen molar-refractivity contribution in [2.45, 2.75) is 86.3 Å². The van der Waals surface area contributed by atoms with Crippen molar-refractivity contribution >= 4 is 58.5 Å². The monoisotopic (exact) mass is 788 g/mol. The van der Waals surface area contributed by atoms with E-state index in [1.165, 1.54) is 92.2 Å². The van der Waals surface area contributed by atoms with Crippen LogP contribution in [0.1, 0.15) is 100 Å². The molecule has 3 fully saturated rings. The van der Waals surface area contributed by atoms with Crippen LogP contribution in [-0.2, 0) is 20.0 Å². The van der Waals surface area contributed by atoms with Gasteiger partial charge in [0.15, 0.2) is 0 Å². The Labute approximate surface area is 280 Å². The third-order valence-corrected chi connectivity index (χ3v) is 34.6. The zero-order valence-corrected chi connectivity index (χ0v) is 31.1. The molecule has 4 aliphatic carbocycles. The topological polar surface area (TPSA) is 0 Å². The van der Waals surface area contributed by atoms with Crippen LogP contribution < -0.4 is 0 Å². The second-order valence-electron chi connectivity index (χ2n) is 14.5. The first-order valence-corrected chi connectivity index (χ1v) is 26.5. The second-order valence-corrected chi connectivity index (χ2v) is 31.1. The van der Waals surface area contributed by atoms with Crippen LogP contribution in [-0.4, -0.2) is 0 Å². The van der Waals surface area contributed by atoms with Gasteiger partial charge in [0, 0.05) is 0 Å². The van der Waals surface area contributed by atoms with Crippen LogP contribution in [0.2, 0.25) is 8.35 Å². The van der Waals surface area contributed by atoms with Crippen molar-refractivity contribution in [3.8, 4) is 0 Å². The SMILES string of the molecule is C1=C(C2CCCCC2)[CH]([Hf]2([CH]3C(C4CCCCC4)=Cc4c3ccc3ccccc43)[CH2]C[CH2]2)c2ccc3ccccc3c21.Cl.Cl. The summed E-state index contributed by atoms with van der Waals surface area (Å²) >= 11 is -3.04. The van der Waals surface area contributed by atoms with Crippen molar-refractivity contribution in [2.75, 3.05) is 0 Å². The molecular formula is C41H46Cl2Hf. The molecular weight excluding hydrogens is 742 g/mol. The van der Waals surface area contributed by atoms with Crippen LogP contribution in [0.25, 0.3) is 33.7 Å². The molecule has 44 heavy (non-hydrogen) atoms. The van der Waals surface area contributed by atoms with Crippen LogP contribution in [0.15, 0.2) is 83.9 Å². The van der Waals surface area contributed by atoms with Crippen molar-refractivity contribution < 1.29 is 20.0 Å². The molecule has 0 bridgehead atoms. The predicted molar refractivity (Wildman–Crippen MR) is 191 cm³/mol. The van der Waals surface area contributed by atoms with E-state index in [0.717, 1.165) is 19.2 Å². The van der Waals surface area contributed by atoms with Crippen LogP contribution >= 0.6 is 24.8 Å². The number of halogens is 2. The van der Waals surface area contributed by atoms with Crippen molar-refractivity contribution in [1.82, 2.24) is 0 Å². The summed E-state index contributed by atoms with van der Waals surface area (Å²) in [5, 5.41) is 5.87. The third kappa shape index (κ3) is 4.77. The number of hydrogen-bond donors (Lipinski definition) is 0. The van der Waals surface area contributed by atoms with Crippen molar-refractivity contribution in [3.05, 3.63) is 106 Å². The molecule has 0 N–H and O–H groups in total. The molecule has 4 aromatic carbocycles. The maximum Gasteiger partial charge on any atom is -0.147 e. The van der Waals surface area contributed by atoms with Crippen LogP contribution in [0.3, 0.4) is 0 Å². The second kappa shape index (κ2) is 12.5. The first-order valence-electron chi connectivity index (χ1n) is 17.3. The number of rotatable bonds is 4. The fraction of sp³-hybridized carbons (Fsp3) is 0.415. The molecule has 0 radical (unpaired) electrons. The van der Waals surface area contributed by atoms with Crippen LogP contribution in [0.4, 0.5) is 0 Å². The summed E-state index contributed by atoms with van der Waals surface area (Å²) in [7, 11) is 0. The quantitative estimate of drug-likeness (QED) is 0.181. The van der Waals surface area contributed by atoms with Gasteiger partial charge in [-0.15, -0.1) is 24.8 Å². The van der Waals surface area contributed by atoms with Gasteiger partial charge in [0.05, 0.1) is 0 Å². The van der Waals surface area contributed by atoms with E-state index in [9.17, 15) is 0 Å². The summed E-state index contributed by atoms with van der Waals surface area (Å²) in [6.45, 7) is 0. The first-order chi connectivity index (χ1) is 20.8. The summed E-state index contributed by atoms with van der Waals surface area (Å²) in [4.78, 5) is 0. The predicted octanol–water partition coefficient (Wildman–Crippen LogP) is 13.0. The van der Waals surface area contributed by atoms with E-state index in [1.807, 2.05) is 11.1 Å². The Hall–Kier alpha value is -1.67. The Kier molecular flexibility index (Phi) is 8.80. The molecule has 2 atom stereocenters. The first kappa shape index (κ1) is 31.0. The van der Waals surface area contributed by atoms with Gasteiger partial charge in [0.1, 0.15) is 0 Å². The maximum absolute atomic E-state index is 3.04. The zero-order valence-electron chi connectivity index (χ0n) is 25.9. The zero-order chi connectivity index (χ0) is 27.7. The molecule has 3 heteroatoms. The minimum absolute atomic E-state index is 0. The van der Waals surface area contributed by atoms with Gasteiger partial charge in [0.25, 0.3) is 0 Å². The van der Waals surface area contributed by atoms with Crippen LogP contribution in [0.5, 0.6) is 0 Å². The van der Waals surface area contributed by atoms with E-state index >= 15 is 0 Å². The van der Waals surface area contributed by atoms with Gasteiger partial charge in [-0.25, -0.2) is 0 Å². The van der Waals surface area contributed by atoms with E-state index in [4.69, 9.17) is 0 Å². The fourth-order valence-electron chi connectivity index (χ4n) is 10.5.